The molecule has 29 heavy (non-hydrogen) atoms. The summed E-state index contributed by atoms with van der Waals surface area (Å²) >= 11 is 0. The Balaban J connectivity index is 2.05. The lowest BCUT2D eigenvalue weighted by Crippen LogP contribution is -2.30. The molecule has 1 aromatic carbocycles. The number of sulfonamides is 1. The highest BCUT2D eigenvalue weighted by Crippen LogP contribution is 2.16. The second kappa shape index (κ2) is 9.48. The number of nitrogens with zero attached hydrogens (tertiary/aromatic N) is 2. The summed E-state index contributed by atoms with van der Waals surface area (Å²) in [5.41, 5.74) is 3.93. The predicted octanol–water partition coefficient (Wildman–Crippen LogP) is 0.893. The maximum absolute atomic E-state index is 12.5. The number of aliphatic carboxylic acids is 1. The van der Waals surface area contributed by atoms with Crippen molar-refractivity contribution in [3.8, 4) is 0 Å². The van der Waals surface area contributed by atoms with E-state index < -0.39 is 21.9 Å². The van der Waals surface area contributed by atoms with Crippen LogP contribution in [-0.2, 0) is 14.8 Å². The molecule has 1 amide bonds. The molecule has 9 nitrogen and oxygen atoms in total. The van der Waals surface area contributed by atoms with Gasteiger partial charge in [0.05, 0.1) is 22.4 Å². The highest BCUT2D eigenvalue weighted by molar-refractivity contribution is 7.89. The first-order valence-corrected chi connectivity index (χ1v) is 10.2. The van der Waals surface area contributed by atoms with Crippen molar-refractivity contribution in [1.82, 2.24) is 9.73 Å². The van der Waals surface area contributed by atoms with Gasteiger partial charge in [0.2, 0.25) is 10.0 Å². The van der Waals surface area contributed by atoms with Crippen molar-refractivity contribution in [3.05, 3.63) is 53.5 Å². The van der Waals surface area contributed by atoms with Crippen LogP contribution in [0.15, 0.2) is 51.0 Å². The quantitative estimate of drug-likeness (QED) is 0.473. The van der Waals surface area contributed by atoms with Crippen LogP contribution in [0, 0.1) is 6.92 Å². The molecule has 0 spiro atoms. The molecule has 0 saturated carbocycles. The van der Waals surface area contributed by atoms with Crippen LogP contribution in [0.5, 0.6) is 0 Å². The maximum atomic E-state index is 12.5. The number of amides is 1. The Labute approximate surface area is 169 Å². The minimum absolute atomic E-state index is 0.0675. The third-order valence-corrected chi connectivity index (χ3v) is 6.13. The lowest BCUT2D eigenvalue weighted by atomic mass is 10.1. The van der Waals surface area contributed by atoms with Gasteiger partial charge < -0.3 is 14.3 Å². The number of carbonyl (C=O) groups excluding carboxylic acids is 2. The standard InChI is InChI=1S/C19H23N3O6S/c1-13(20-21-19(25)17-10-12-28-14(17)2)15-6-8-16(9-7-15)29(26,27)22(3)11-4-5-18(23)24/h6-10,12H,4-5,11H2,1-3H3,(H,21,25)(H,23,24)/p-1/b20-13-. The smallest absolute Gasteiger partial charge is 0.274 e. The number of furan rings is 1. The fourth-order valence-electron chi connectivity index (χ4n) is 2.49. The summed E-state index contributed by atoms with van der Waals surface area (Å²) in [6, 6.07) is 7.56. The molecule has 0 saturated heterocycles. The SMILES string of the molecule is C/C(=N/NC(=O)c1ccoc1C)c1ccc(S(=O)(=O)N(C)CCCC(=O)[O-])cc1. The van der Waals surface area contributed by atoms with Crippen LogP contribution in [0.2, 0.25) is 0 Å². The van der Waals surface area contributed by atoms with Crippen LogP contribution in [0.1, 0.15) is 41.4 Å². The molecule has 0 bridgehead atoms. The Kier molecular flexibility index (Phi) is 7.29. The normalized spacial score (nSPS) is 12.2. The maximum Gasteiger partial charge on any atom is 0.274 e. The molecule has 1 heterocycles. The Morgan fingerprint density at radius 3 is 2.41 bits per heavy atom. The van der Waals surface area contributed by atoms with Crippen molar-refractivity contribution in [2.45, 2.75) is 31.6 Å². The fraction of sp³-hybridized carbons (Fsp3) is 0.316. The lowest BCUT2D eigenvalue weighted by molar-refractivity contribution is -0.305. The summed E-state index contributed by atoms with van der Waals surface area (Å²) in [4.78, 5) is 22.6. The van der Waals surface area contributed by atoms with Crippen LogP contribution >= 0.6 is 0 Å². The van der Waals surface area contributed by atoms with Crippen molar-refractivity contribution in [2.75, 3.05) is 13.6 Å². The topological polar surface area (TPSA) is 132 Å². The first-order chi connectivity index (χ1) is 13.6. The molecule has 1 N–H and O–H groups in total. The van der Waals surface area contributed by atoms with E-state index in [2.05, 4.69) is 10.5 Å². The van der Waals surface area contributed by atoms with E-state index >= 15 is 0 Å². The number of hydrogen-bond acceptors (Lipinski definition) is 7. The molecule has 0 unspecified atom stereocenters. The molecule has 0 radical (unpaired) electrons. The first kappa shape index (κ1) is 22.3. The van der Waals surface area contributed by atoms with Gasteiger partial charge in [-0.15, -0.1) is 0 Å². The van der Waals surface area contributed by atoms with Gasteiger partial charge in [0.15, 0.2) is 0 Å². The van der Waals surface area contributed by atoms with Gasteiger partial charge >= 0.3 is 0 Å². The van der Waals surface area contributed by atoms with Gasteiger partial charge in [0.25, 0.3) is 5.91 Å². The molecule has 0 aliphatic heterocycles. The van der Waals surface area contributed by atoms with E-state index in [4.69, 9.17) is 4.42 Å². The number of carboxylic acids is 1. The average Bonchev–Trinajstić information content (AvgIpc) is 3.11. The van der Waals surface area contributed by atoms with Gasteiger partial charge in [-0.1, -0.05) is 12.1 Å². The van der Waals surface area contributed by atoms with E-state index in [0.717, 1.165) is 4.31 Å². The van der Waals surface area contributed by atoms with Crippen molar-refractivity contribution in [2.24, 2.45) is 5.10 Å². The minimum atomic E-state index is -3.74. The fourth-order valence-corrected chi connectivity index (χ4v) is 3.70. The second-order valence-electron chi connectivity index (χ2n) is 6.36. The van der Waals surface area contributed by atoms with Crippen molar-refractivity contribution in [3.63, 3.8) is 0 Å². The van der Waals surface area contributed by atoms with E-state index in [1.54, 1.807) is 32.0 Å². The molecule has 2 aromatic rings. The summed E-state index contributed by atoms with van der Waals surface area (Å²) in [6.07, 6.45) is 1.37. The van der Waals surface area contributed by atoms with Crippen molar-refractivity contribution in [1.29, 1.82) is 0 Å². The van der Waals surface area contributed by atoms with E-state index in [1.807, 2.05) is 0 Å². The Bertz CT molecular complexity index is 1010. The molecule has 156 valence electrons. The zero-order valence-corrected chi connectivity index (χ0v) is 17.2. The monoisotopic (exact) mass is 420 g/mol. The summed E-state index contributed by atoms with van der Waals surface area (Å²) in [5, 5.41) is 14.5. The van der Waals surface area contributed by atoms with Crippen molar-refractivity contribution < 1.29 is 27.5 Å². The Morgan fingerprint density at radius 1 is 1.21 bits per heavy atom. The van der Waals surface area contributed by atoms with Gasteiger partial charge in [-0.25, -0.2) is 18.1 Å². The number of rotatable bonds is 9. The summed E-state index contributed by atoms with van der Waals surface area (Å²) in [6.45, 7) is 3.41. The number of carbonyl (C=O) groups is 2. The highest BCUT2D eigenvalue weighted by Gasteiger charge is 2.20. The van der Waals surface area contributed by atoms with Crippen LogP contribution in [0.25, 0.3) is 0 Å². The molecule has 10 heteroatoms. The minimum Gasteiger partial charge on any atom is -0.550 e. The van der Waals surface area contributed by atoms with Gasteiger partial charge in [0, 0.05) is 19.6 Å². The number of hydrazone groups is 1. The molecule has 2 rings (SSSR count). The van der Waals surface area contributed by atoms with Crippen LogP contribution < -0.4 is 10.5 Å². The number of aryl methyl sites for hydroxylation is 1. The zero-order chi connectivity index (χ0) is 21.6. The largest absolute Gasteiger partial charge is 0.550 e. The zero-order valence-electron chi connectivity index (χ0n) is 16.3. The third kappa shape index (κ3) is 5.75. The Hall–Kier alpha value is -2.98. The molecule has 0 aliphatic carbocycles. The predicted molar refractivity (Wildman–Crippen MR) is 104 cm³/mol. The lowest BCUT2D eigenvalue weighted by Gasteiger charge is -2.17. The van der Waals surface area contributed by atoms with Crippen LogP contribution in [0.4, 0.5) is 0 Å². The highest BCUT2D eigenvalue weighted by atomic mass is 32.2. The average molecular weight is 420 g/mol. The third-order valence-electron chi connectivity index (χ3n) is 4.26. The summed E-state index contributed by atoms with van der Waals surface area (Å²) in [7, 11) is -2.35. The van der Waals surface area contributed by atoms with Gasteiger partial charge in [-0.3, -0.25) is 4.79 Å². The van der Waals surface area contributed by atoms with Crippen molar-refractivity contribution >= 4 is 27.6 Å². The van der Waals surface area contributed by atoms with E-state index in [-0.39, 0.29) is 24.3 Å². The first-order valence-electron chi connectivity index (χ1n) is 8.78. The summed E-state index contributed by atoms with van der Waals surface area (Å²) in [5.74, 6) is -1.15. The number of hydrogen-bond donors (Lipinski definition) is 1. The van der Waals surface area contributed by atoms with E-state index in [0.29, 0.717) is 22.6 Å². The van der Waals surface area contributed by atoms with E-state index in [9.17, 15) is 23.1 Å². The molecular formula is C19H22N3O6S-. The number of benzene rings is 1. The molecule has 0 fully saturated rings. The molecule has 1 aromatic heterocycles. The molecule has 0 atom stereocenters. The molecule has 0 aliphatic rings. The molecular weight excluding hydrogens is 398 g/mol. The summed E-state index contributed by atoms with van der Waals surface area (Å²) < 4.78 is 31.2. The second-order valence-corrected chi connectivity index (χ2v) is 8.40. The number of carboxylic acid groups (broad SMARTS) is 1. The van der Waals surface area contributed by atoms with Gasteiger partial charge in [-0.05, 0) is 50.5 Å². The van der Waals surface area contributed by atoms with Gasteiger partial charge in [-0.2, -0.15) is 5.10 Å². The number of nitrogens with one attached hydrogen (secondary N) is 1. The Morgan fingerprint density at radius 2 is 1.86 bits per heavy atom. The van der Waals surface area contributed by atoms with Crippen LogP contribution in [0.3, 0.4) is 0 Å². The van der Waals surface area contributed by atoms with Gasteiger partial charge in [0.1, 0.15) is 5.76 Å². The van der Waals surface area contributed by atoms with E-state index in [1.165, 1.54) is 25.4 Å². The van der Waals surface area contributed by atoms with Crippen LogP contribution in [-0.4, -0.2) is 43.9 Å².